The topological polar surface area (TPSA) is 72.5 Å². The standard InChI is InChI=1S/C24H22F2N2O3/c25-18-8-4-15(5-9-18)14-17-2-1-3-20-23(17)27-28(21(29)12-13-22(30)31)24(20)16-6-10-19(26)11-7-16/h4-11,14,24,27H,1-3,12-13H2,(H,30,31)/p-1/b17-14-/t24-/m0/s1. The van der Waals surface area contributed by atoms with Crippen molar-refractivity contribution in [1.82, 2.24) is 10.4 Å². The van der Waals surface area contributed by atoms with E-state index in [1.807, 2.05) is 6.08 Å². The molecule has 1 aliphatic heterocycles. The van der Waals surface area contributed by atoms with Gasteiger partial charge in [0.15, 0.2) is 0 Å². The molecule has 0 unspecified atom stereocenters. The van der Waals surface area contributed by atoms with Crippen LogP contribution < -0.4 is 10.5 Å². The molecule has 1 N–H and O–H groups in total. The molecule has 4 rings (SSSR count). The number of carbonyl (C=O) groups excluding carboxylic acids is 2. The fraction of sp³-hybridized carbons (Fsp3) is 0.250. The van der Waals surface area contributed by atoms with Gasteiger partial charge in [-0.1, -0.05) is 24.3 Å². The number of hydrazine groups is 1. The molecular formula is C24H21F2N2O3-. The first-order chi connectivity index (χ1) is 14.9. The van der Waals surface area contributed by atoms with Crippen molar-refractivity contribution in [2.45, 2.75) is 38.1 Å². The molecule has 0 saturated heterocycles. The van der Waals surface area contributed by atoms with Crippen LogP contribution in [0.5, 0.6) is 0 Å². The van der Waals surface area contributed by atoms with Crippen molar-refractivity contribution in [2.75, 3.05) is 0 Å². The SMILES string of the molecule is O=C([O-])CCC(=O)N1NC2=C(CCC/C2=C/c2ccc(F)cc2)[C@@H]1c1ccc(F)cc1. The fourth-order valence-electron chi connectivity index (χ4n) is 4.12. The van der Waals surface area contributed by atoms with Crippen molar-refractivity contribution in [3.63, 3.8) is 0 Å². The molecule has 0 radical (unpaired) electrons. The van der Waals surface area contributed by atoms with Crippen molar-refractivity contribution in [3.05, 3.63) is 88.1 Å². The van der Waals surface area contributed by atoms with Crippen LogP contribution in [0.25, 0.3) is 6.08 Å². The maximum Gasteiger partial charge on any atom is 0.242 e. The van der Waals surface area contributed by atoms with Crippen LogP contribution in [0.1, 0.15) is 49.3 Å². The molecule has 1 aliphatic carbocycles. The summed E-state index contributed by atoms with van der Waals surface area (Å²) in [6.45, 7) is 0. The molecule has 1 amide bonds. The second kappa shape index (κ2) is 8.71. The van der Waals surface area contributed by atoms with E-state index in [9.17, 15) is 23.5 Å². The predicted octanol–water partition coefficient (Wildman–Crippen LogP) is 3.40. The van der Waals surface area contributed by atoms with Crippen molar-refractivity contribution < 1.29 is 23.5 Å². The summed E-state index contributed by atoms with van der Waals surface area (Å²) >= 11 is 0. The Labute approximate surface area is 178 Å². The summed E-state index contributed by atoms with van der Waals surface area (Å²) in [4.78, 5) is 23.7. The molecule has 0 aromatic heterocycles. The van der Waals surface area contributed by atoms with Crippen molar-refractivity contribution >= 4 is 18.0 Å². The number of rotatable bonds is 5. The van der Waals surface area contributed by atoms with Gasteiger partial charge in [0.25, 0.3) is 0 Å². The number of carboxylic acids is 1. The Hall–Kier alpha value is -3.48. The zero-order valence-electron chi connectivity index (χ0n) is 16.7. The van der Waals surface area contributed by atoms with Crippen molar-refractivity contribution in [1.29, 1.82) is 0 Å². The number of carboxylic acid groups (broad SMARTS) is 1. The van der Waals surface area contributed by atoms with Gasteiger partial charge in [0.05, 0.1) is 5.70 Å². The molecule has 7 heteroatoms. The Morgan fingerprint density at radius 1 is 1.00 bits per heavy atom. The normalized spacial score (nSPS) is 19.4. The van der Waals surface area contributed by atoms with Crippen LogP contribution in [0.15, 0.2) is 65.4 Å². The van der Waals surface area contributed by atoms with Crippen LogP contribution in [-0.4, -0.2) is 16.9 Å². The first kappa shape index (κ1) is 20.8. The molecule has 2 aromatic rings. The highest BCUT2D eigenvalue weighted by atomic mass is 19.1. The van der Waals surface area contributed by atoms with Gasteiger partial charge >= 0.3 is 0 Å². The number of hydrogen-bond acceptors (Lipinski definition) is 4. The van der Waals surface area contributed by atoms with Crippen LogP contribution in [-0.2, 0) is 9.59 Å². The Balaban J connectivity index is 1.71. The van der Waals surface area contributed by atoms with Crippen molar-refractivity contribution in [2.24, 2.45) is 0 Å². The van der Waals surface area contributed by atoms with Gasteiger partial charge < -0.3 is 9.90 Å². The predicted molar refractivity (Wildman–Crippen MR) is 109 cm³/mol. The minimum absolute atomic E-state index is 0.204. The third-order valence-corrected chi connectivity index (χ3v) is 5.56. The maximum atomic E-state index is 13.5. The molecule has 160 valence electrons. The molecule has 2 aromatic carbocycles. The van der Waals surface area contributed by atoms with E-state index in [0.29, 0.717) is 0 Å². The first-order valence-electron chi connectivity index (χ1n) is 10.2. The van der Waals surface area contributed by atoms with Gasteiger partial charge in [0.1, 0.15) is 17.7 Å². The van der Waals surface area contributed by atoms with Crippen LogP contribution >= 0.6 is 0 Å². The summed E-state index contributed by atoms with van der Waals surface area (Å²) in [6, 6.07) is 11.7. The van der Waals surface area contributed by atoms with Crippen molar-refractivity contribution in [3.8, 4) is 0 Å². The molecule has 0 saturated carbocycles. The summed E-state index contributed by atoms with van der Waals surface area (Å²) in [5, 5.41) is 12.3. The minimum Gasteiger partial charge on any atom is -0.550 e. The smallest absolute Gasteiger partial charge is 0.242 e. The number of nitrogens with zero attached hydrogens (tertiary/aromatic N) is 1. The molecule has 31 heavy (non-hydrogen) atoms. The average molecular weight is 423 g/mol. The lowest BCUT2D eigenvalue weighted by Crippen LogP contribution is -2.40. The zero-order valence-corrected chi connectivity index (χ0v) is 16.7. The molecule has 5 nitrogen and oxygen atoms in total. The van der Waals surface area contributed by atoms with E-state index in [-0.39, 0.29) is 30.4 Å². The number of allylic oxidation sites excluding steroid dienone is 1. The average Bonchev–Trinajstić information content (AvgIpc) is 3.15. The second-order valence-corrected chi connectivity index (χ2v) is 7.68. The lowest BCUT2D eigenvalue weighted by Gasteiger charge is -2.27. The highest BCUT2D eigenvalue weighted by Gasteiger charge is 2.38. The summed E-state index contributed by atoms with van der Waals surface area (Å²) in [7, 11) is 0. The maximum absolute atomic E-state index is 13.5. The molecule has 1 heterocycles. The fourth-order valence-corrected chi connectivity index (χ4v) is 4.12. The number of aliphatic carboxylic acids is 1. The summed E-state index contributed by atoms with van der Waals surface area (Å²) in [6.07, 6.45) is 3.76. The largest absolute Gasteiger partial charge is 0.550 e. The van der Waals surface area contributed by atoms with Crippen LogP contribution in [0, 0.1) is 11.6 Å². The van der Waals surface area contributed by atoms with Crippen LogP contribution in [0.3, 0.4) is 0 Å². The van der Waals surface area contributed by atoms with Crippen LogP contribution in [0.4, 0.5) is 8.78 Å². The lowest BCUT2D eigenvalue weighted by molar-refractivity contribution is -0.305. The number of halogens is 2. The van der Waals surface area contributed by atoms with E-state index in [1.54, 1.807) is 24.3 Å². The van der Waals surface area contributed by atoms with Gasteiger partial charge in [0.2, 0.25) is 5.91 Å². The third-order valence-electron chi connectivity index (χ3n) is 5.56. The van der Waals surface area contributed by atoms with Gasteiger partial charge in [0, 0.05) is 12.4 Å². The highest BCUT2D eigenvalue weighted by Crippen LogP contribution is 2.44. The number of hydrogen-bond donors (Lipinski definition) is 1. The summed E-state index contributed by atoms with van der Waals surface area (Å²) in [5.74, 6) is -2.36. The Morgan fingerprint density at radius 2 is 1.65 bits per heavy atom. The number of nitrogens with one attached hydrogen (secondary N) is 1. The molecule has 0 spiro atoms. The number of amides is 1. The van der Waals surface area contributed by atoms with Gasteiger partial charge in [-0.15, -0.1) is 0 Å². The van der Waals surface area contributed by atoms with Crippen LogP contribution in [0.2, 0.25) is 0 Å². The number of benzene rings is 2. The third kappa shape index (κ3) is 4.50. The Morgan fingerprint density at radius 3 is 2.29 bits per heavy atom. The molecule has 1 atom stereocenters. The Bertz CT molecular complexity index is 1060. The number of carbonyl (C=O) groups is 2. The second-order valence-electron chi connectivity index (χ2n) is 7.68. The van der Waals surface area contributed by atoms with E-state index in [2.05, 4.69) is 5.43 Å². The lowest BCUT2D eigenvalue weighted by atomic mass is 9.86. The molecule has 0 bridgehead atoms. The zero-order chi connectivity index (χ0) is 22.0. The van der Waals surface area contributed by atoms with Gasteiger partial charge in [-0.3, -0.25) is 10.2 Å². The van der Waals surface area contributed by atoms with E-state index in [4.69, 9.17) is 0 Å². The molecular weight excluding hydrogens is 402 g/mol. The minimum atomic E-state index is -1.29. The summed E-state index contributed by atoms with van der Waals surface area (Å²) < 4.78 is 26.7. The van der Waals surface area contributed by atoms with E-state index in [0.717, 1.165) is 47.2 Å². The van der Waals surface area contributed by atoms with Gasteiger partial charge in [-0.2, -0.15) is 0 Å². The van der Waals surface area contributed by atoms with E-state index < -0.39 is 12.0 Å². The monoisotopic (exact) mass is 423 g/mol. The van der Waals surface area contributed by atoms with E-state index in [1.165, 1.54) is 29.3 Å². The highest BCUT2D eigenvalue weighted by molar-refractivity contribution is 5.81. The Kier molecular flexibility index (Phi) is 5.84. The van der Waals surface area contributed by atoms with Gasteiger partial charge in [-0.25, -0.2) is 13.8 Å². The van der Waals surface area contributed by atoms with E-state index >= 15 is 0 Å². The quantitative estimate of drug-likeness (QED) is 0.800. The summed E-state index contributed by atoms with van der Waals surface area (Å²) in [5.41, 5.74) is 7.54. The molecule has 2 aliphatic rings. The van der Waals surface area contributed by atoms with Gasteiger partial charge in [-0.05, 0) is 78.3 Å². The first-order valence-corrected chi connectivity index (χ1v) is 10.2. The molecule has 0 fully saturated rings.